The largest absolute Gasteiger partial charge is 0.247 e. The summed E-state index contributed by atoms with van der Waals surface area (Å²) in [6, 6.07) is 25.8. The molecule has 0 radical (unpaired) electrons. The number of nitrogens with zero attached hydrogens (tertiary/aromatic N) is 1. The summed E-state index contributed by atoms with van der Waals surface area (Å²) in [5, 5.41) is 1.22. The van der Waals surface area contributed by atoms with E-state index >= 15 is 0 Å². The molecule has 25 heavy (non-hydrogen) atoms. The van der Waals surface area contributed by atoms with Crippen LogP contribution in [0.15, 0.2) is 72.8 Å². The van der Waals surface area contributed by atoms with Crippen molar-refractivity contribution in [3.8, 4) is 22.4 Å². The van der Waals surface area contributed by atoms with Crippen LogP contribution in [-0.4, -0.2) is 4.98 Å². The minimum atomic E-state index is 1.05. The zero-order chi connectivity index (χ0) is 17.4. The van der Waals surface area contributed by atoms with Crippen LogP contribution in [0.25, 0.3) is 33.3 Å². The standard InChI is InChI=1S/C24H21N/c1-16-9-12-19(13-10-16)23-18(3)24(20-7-5-4-6-8-20)25-22-14-11-17(2)15-21(22)23/h4-15H,1-3H3. The predicted octanol–water partition coefficient (Wildman–Crippen LogP) is 6.49. The first-order chi connectivity index (χ1) is 12.1. The maximum atomic E-state index is 4.99. The summed E-state index contributed by atoms with van der Waals surface area (Å²) in [5.41, 5.74) is 9.57. The molecule has 0 N–H and O–H groups in total. The van der Waals surface area contributed by atoms with Crippen molar-refractivity contribution in [1.29, 1.82) is 0 Å². The third kappa shape index (κ3) is 2.83. The van der Waals surface area contributed by atoms with Gasteiger partial charge in [0.15, 0.2) is 0 Å². The fourth-order valence-corrected chi connectivity index (χ4v) is 3.44. The van der Waals surface area contributed by atoms with E-state index in [1.54, 1.807) is 0 Å². The van der Waals surface area contributed by atoms with Crippen LogP contribution in [0.4, 0.5) is 0 Å². The monoisotopic (exact) mass is 323 g/mol. The van der Waals surface area contributed by atoms with E-state index in [9.17, 15) is 0 Å². The number of benzene rings is 3. The summed E-state index contributed by atoms with van der Waals surface area (Å²) in [4.78, 5) is 4.99. The van der Waals surface area contributed by atoms with Crippen molar-refractivity contribution in [3.63, 3.8) is 0 Å². The molecule has 0 spiro atoms. The van der Waals surface area contributed by atoms with Gasteiger partial charge >= 0.3 is 0 Å². The normalized spacial score (nSPS) is 11.0. The number of hydrogen-bond donors (Lipinski definition) is 0. The molecular formula is C24H21N. The van der Waals surface area contributed by atoms with Crippen LogP contribution in [0.2, 0.25) is 0 Å². The summed E-state index contributed by atoms with van der Waals surface area (Å²) in [6.45, 7) is 6.45. The van der Waals surface area contributed by atoms with Gasteiger partial charge in [0.05, 0.1) is 11.2 Å². The van der Waals surface area contributed by atoms with Crippen LogP contribution in [0.3, 0.4) is 0 Å². The summed E-state index contributed by atoms with van der Waals surface area (Å²) in [5.74, 6) is 0. The van der Waals surface area contributed by atoms with Gasteiger partial charge < -0.3 is 0 Å². The van der Waals surface area contributed by atoms with Crippen LogP contribution in [-0.2, 0) is 0 Å². The fourth-order valence-electron chi connectivity index (χ4n) is 3.44. The van der Waals surface area contributed by atoms with E-state index in [1.165, 1.54) is 33.2 Å². The molecule has 0 aliphatic rings. The lowest BCUT2D eigenvalue weighted by Crippen LogP contribution is -1.96. The quantitative estimate of drug-likeness (QED) is 0.410. The number of aryl methyl sites for hydroxylation is 2. The van der Waals surface area contributed by atoms with Crippen LogP contribution < -0.4 is 0 Å². The van der Waals surface area contributed by atoms with E-state index < -0.39 is 0 Å². The van der Waals surface area contributed by atoms with Gasteiger partial charge in [0.2, 0.25) is 0 Å². The van der Waals surface area contributed by atoms with Gasteiger partial charge in [-0.05, 0) is 49.6 Å². The Bertz CT molecular complexity index is 1040. The van der Waals surface area contributed by atoms with Crippen LogP contribution in [0.5, 0.6) is 0 Å². The maximum absolute atomic E-state index is 4.99. The molecule has 4 aromatic rings. The lowest BCUT2D eigenvalue weighted by Gasteiger charge is -2.16. The molecule has 0 fully saturated rings. The smallest absolute Gasteiger partial charge is 0.0745 e. The van der Waals surface area contributed by atoms with Crippen molar-refractivity contribution in [2.24, 2.45) is 0 Å². The topological polar surface area (TPSA) is 12.9 Å². The summed E-state index contributed by atoms with van der Waals surface area (Å²) >= 11 is 0. The molecule has 1 heteroatoms. The molecule has 0 amide bonds. The Morgan fingerprint density at radius 3 is 2.04 bits per heavy atom. The van der Waals surface area contributed by atoms with Crippen molar-refractivity contribution in [3.05, 3.63) is 89.5 Å². The van der Waals surface area contributed by atoms with Gasteiger partial charge in [-0.2, -0.15) is 0 Å². The Labute approximate surface area is 149 Å². The van der Waals surface area contributed by atoms with Crippen LogP contribution in [0.1, 0.15) is 16.7 Å². The van der Waals surface area contributed by atoms with Crippen molar-refractivity contribution < 1.29 is 0 Å². The van der Waals surface area contributed by atoms with E-state index in [4.69, 9.17) is 4.98 Å². The molecule has 1 aromatic heterocycles. The first kappa shape index (κ1) is 15.6. The molecule has 0 aliphatic heterocycles. The SMILES string of the molecule is Cc1ccc(-c2c(C)c(-c3ccccc3)nc3ccc(C)cc23)cc1. The Morgan fingerprint density at radius 1 is 0.640 bits per heavy atom. The van der Waals surface area contributed by atoms with Gasteiger partial charge in [-0.25, -0.2) is 4.98 Å². The van der Waals surface area contributed by atoms with Gasteiger partial charge in [-0.1, -0.05) is 71.8 Å². The predicted molar refractivity (Wildman–Crippen MR) is 107 cm³/mol. The first-order valence-electron chi connectivity index (χ1n) is 8.67. The first-order valence-corrected chi connectivity index (χ1v) is 8.67. The average molecular weight is 323 g/mol. The second-order valence-electron chi connectivity index (χ2n) is 6.71. The third-order valence-corrected chi connectivity index (χ3v) is 4.77. The van der Waals surface area contributed by atoms with E-state index in [2.05, 4.69) is 87.5 Å². The van der Waals surface area contributed by atoms with Crippen molar-refractivity contribution >= 4 is 10.9 Å². The molecule has 1 nitrogen and oxygen atoms in total. The maximum Gasteiger partial charge on any atom is 0.0745 e. The molecule has 0 bridgehead atoms. The third-order valence-electron chi connectivity index (χ3n) is 4.77. The molecular weight excluding hydrogens is 302 g/mol. The molecule has 0 atom stereocenters. The molecule has 122 valence electrons. The second kappa shape index (κ2) is 6.18. The number of hydrogen-bond acceptors (Lipinski definition) is 1. The Kier molecular flexibility index (Phi) is 3.85. The molecule has 0 saturated heterocycles. The summed E-state index contributed by atoms with van der Waals surface area (Å²) in [6.07, 6.45) is 0. The van der Waals surface area contributed by atoms with E-state index in [-0.39, 0.29) is 0 Å². The van der Waals surface area contributed by atoms with Crippen molar-refractivity contribution in [2.75, 3.05) is 0 Å². The minimum Gasteiger partial charge on any atom is -0.247 e. The highest BCUT2D eigenvalue weighted by molar-refractivity contribution is 5.99. The molecule has 3 aromatic carbocycles. The van der Waals surface area contributed by atoms with E-state index in [1.807, 2.05) is 6.07 Å². The summed E-state index contributed by atoms with van der Waals surface area (Å²) in [7, 11) is 0. The number of aromatic nitrogens is 1. The van der Waals surface area contributed by atoms with Crippen LogP contribution >= 0.6 is 0 Å². The Hall–Kier alpha value is -2.93. The van der Waals surface area contributed by atoms with Crippen molar-refractivity contribution in [2.45, 2.75) is 20.8 Å². The summed E-state index contributed by atoms with van der Waals surface area (Å²) < 4.78 is 0. The molecule has 1 heterocycles. The van der Waals surface area contributed by atoms with Gasteiger partial charge in [0.1, 0.15) is 0 Å². The molecule has 4 rings (SSSR count). The lowest BCUT2D eigenvalue weighted by atomic mass is 9.92. The van der Waals surface area contributed by atoms with E-state index in [0.29, 0.717) is 0 Å². The zero-order valence-electron chi connectivity index (χ0n) is 14.9. The highest BCUT2D eigenvalue weighted by Gasteiger charge is 2.14. The number of fused-ring (bicyclic) bond motifs is 1. The zero-order valence-corrected chi connectivity index (χ0v) is 14.9. The Balaban J connectivity index is 2.09. The number of pyridine rings is 1. The van der Waals surface area contributed by atoms with Crippen molar-refractivity contribution in [1.82, 2.24) is 4.98 Å². The number of rotatable bonds is 2. The van der Waals surface area contributed by atoms with Gasteiger partial charge in [0, 0.05) is 10.9 Å². The van der Waals surface area contributed by atoms with Gasteiger partial charge in [0.25, 0.3) is 0 Å². The molecule has 0 unspecified atom stereocenters. The average Bonchev–Trinajstić information content (AvgIpc) is 2.63. The highest BCUT2D eigenvalue weighted by Crippen LogP contribution is 2.36. The second-order valence-corrected chi connectivity index (χ2v) is 6.71. The van der Waals surface area contributed by atoms with Crippen LogP contribution in [0, 0.1) is 20.8 Å². The lowest BCUT2D eigenvalue weighted by molar-refractivity contribution is 1.32. The molecule has 0 saturated carbocycles. The molecule has 0 aliphatic carbocycles. The minimum absolute atomic E-state index is 1.05. The van der Waals surface area contributed by atoms with E-state index in [0.717, 1.165) is 16.8 Å². The fraction of sp³-hybridized carbons (Fsp3) is 0.125. The highest BCUT2D eigenvalue weighted by atomic mass is 14.7. The van der Waals surface area contributed by atoms with Gasteiger partial charge in [-0.3, -0.25) is 0 Å². The van der Waals surface area contributed by atoms with Gasteiger partial charge in [-0.15, -0.1) is 0 Å². The Morgan fingerprint density at radius 2 is 1.32 bits per heavy atom.